The average molecular weight is 548 g/mol. The van der Waals surface area contributed by atoms with E-state index in [4.69, 9.17) is 4.74 Å². The summed E-state index contributed by atoms with van der Waals surface area (Å²) >= 11 is 0. The van der Waals surface area contributed by atoms with Crippen molar-refractivity contribution in [3.05, 3.63) is 89.5 Å². The molecule has 2 heterocycles. The molecule has 5 rings (SSSR count). The number of nitrogens with zero attached hydrogens (tertiary/aromatic N) is 2. The highest BCUT2D eigenvalue weighted by Crippen LogP contribution is 2.40. The zero-order valence-electron chi connectivity index (χ0n) is 22.9. The first-order valence-electron chi connectivity index (χ1n) is 13.6. The lowest BCUT2D eigenvalue weighted by Crippen LogP contribution is -2.50. The summed E-state index contributed by atoms with van der Waals surface area (Å²) in [5.41, 5.74) is 3.49. The molecule has 1 atom stereocenters. The Morgan fingerprint density at radius 3 is 2.31 bits per heavy atom. The van der Waals surface area contributed by atoms with Gasteiger partial charge in [0.1, 0.15) is 5.75 Å². The largest absolute Gasteiger partial charge is 0.476 e. The molecule has 3 aromatic carbocycles. The first kappa shape index (κ1) is 27.2. The third-order valence-corrected chi connectivity index (χ3v) is 9.28. The zero-order valence-corrected chi connectivity index (χ0v) is 23.7. The number of nitrogens with one attached hydrogen (secondary N) is 1. The average Bonchev–Trinajstić information content (AvgIpc) is 3.44. The predicted octanol–water partition coefficient (Wildman–Crippen LogP) is 4.85. The fourth-order valence-electron chi connectivity index (χ4n) is 5.16. The van der Waals surface area contributed by atoms with Gasteiger partial charge in [0, 0.05) is 13.1 Å². The predicted molar refractivity (Wildman–Crippen MR) is 153 cm³/mol. The maximum atomic E-state index is 13.8. The topological polar surface area (TPSA) is 79.0 Å². The van der Waals surface area contributed by atoms with E-state index in [0.29, 0.717) is 18.0 Å². The van der Waals surface area contributed by atoms with Gasteiger partial charge >= 0.3 is 0 Å². The van der Waals surface area contributed by atoms with E-state index in [1.165, 1.54) is 22.7 Å². The molecule has 3 aromatic rings. The Hall–Kier alpha value is -3.36. The number of hydrogen-bond acceptors (Lipinski definition) is 5. The van der Waals surface area contributed by atoms with Gasteiger partial charge in [0.05, 0.1) is 17.1 Å². The normalized spacial score (nSPS) is 17.9. The number of carbonyl (C=O) groups excluding carboxylic acids is 1. The minimum atomic E-state index is -3.92. The second-order valence-electron chi connectivity index (χ2n) is 11.4. The molecule has 2 aliphatic rings. The van der Waals surface area contributed by atoms with Crippen LogP contribution in [0.1, 0.15) is 50.3 Å². The maximum Gasteiger partial charge on any atom is 0.264 e. The summed E-state index contributed by atoms with van der Waals surface area (Å²) in [4.78, 5) is 16.0. The quantitative estimate of drug-likeness (QED) is 0.458. The Kier molecular flexibility index (Phi) is 7.69. The Morgan fingerprint density at radius 2 is 1.62 bits per heavy atom. The lowest BCUT2D eigenvalue weighted by Gasteiger charge is -2.36. The number of ether oxygens (including phenoxy) is 1. The number of anilines is 1. The number of amides is 1. The molecule has 206 valence electrons. The summed E-state index contributed by atoms with van der Waals surface area (Å²) in [6.07, 6.45) is 1.46. The lowest BCUT2D eigenvalue weighted by atomic mass is 9.86. The van der Waals surface area contributed by atoms with Crippen molar-refractivity contribution in [2.24, 2.45) is 0 Å². The number of benzene rings is 3. The van der Waals surface area contributed by atoms with Gasteiger partial charge in [-0.05, 0) is 72.3 Å². The Labute approximate surface area is 231 Å². The smallest absolute Gasteiger partial charge is 0.264 e. The summed E-state index contributed by atoms with van der Waals surface area (Å²) in [6.45, 7) is 9.52. The fourth-order valence-corrected chi connectivity index (χ4v) is 6.65. The van der Waals surface area contributed by atoms with Gasteiger partial charge < -0.3 is 10.1 Å². The van der Waals surface area contributed by atoms with Crippen LogP contribution in [-0.4, -0.2) is 45.0 Å². The van der Waals surface area contributed by atoms with Crippen molar-refractivity contribution in [2.75, 3.05) is 23.9 Å². The van der Waals surface area contributed by atoms with Gasteiger partial charge in [-0.1, -0.05) is 69.3 Å². The highest BCUT2D eigenvalue weighted by molar-refractivity contribution is 7.92. The molecule has 0 radical (unpaired) electrons. The molecule has 0 unspecified atom stereocenters. The number of hydrogen-bond donors (Lipinski definition) is 1. The summed E-state index contributed by atoms with van der Waals surface area (Å²) in [5.74, 6) is 0.0353. The molecule has 8 heteroatoms. The van der Waals surface area contributed by atoms with Crippen LogP contribution in [0.4, 0.5) is 5.69 Å². The van der Waals surface area contributed by atoms with Gasteiger partial charge in [0.15, 0.2) is 6.10 Å². The van der Waals surface area contributed by atoms with Crippen molar-refractivity contribution in [3.8, 4) is 5.75 Å². The molecule has 1 N–H and O–H groups in total. The van der Waals surface area contributed by atoms with Crippen LogP contribution in [0.5, 0.6) is 5.75 Å². The van der Waals surface area contributed by atoms with E-state index in [0.717, 1.165) is 30.8 Å². The summed E-state index contributed by atoms with van der Waals surface area (Å²) in [6, 6.07) is 22.0. The maximum absolute atomic E-state index is 13.8. The third-order valence-electron chi connectivity index (χ3n) is 7.48. The zero-order chi connectivity index (χ0) is 27.6. The Morgan fingerprint density at radius 1 is 0.949 bits per heavy atom. The summed E-state index contributed by atoms with van der Waals surface area (Å²) < 4.78 is 35.0. The Bertz CT molecular complexity index is 1430. The first-order chi connectivity index (χ1) is 18.6. The molecule has 0 aliphatic carbocycles. The van der Waals surface area contributed by atoms with Gasteiger partial charge in [0.2, 0.25) is 0 Å². The number of rotatable bonds is 7. The fraction of sp³-hybridized carbons (Fsp3) is 0.387. The molecule has 7 nitrogen and oxygen atoms in total. The van der Waals surface area contributed by atoms with E-state index in [-0.39, 0.29) is 22.8 Å². The molecule has 1 fully saturated rings. The van der Waals surface area contributed by atoms with Crippen molar-refractivity contribution in [1.29, 1.82) is 0 Å². The molecule has 0 saturated carbocycles. The molecular weight excluding hydrogens is 510 g/mol. The van der Waals surface area contributed by atoms with Crippen molar-refractivity contribution >= 4 is 21.6 Å². The van der Waals surface area contributed by atoms with E-state index in [1.807, 2.05) is 30.3 Å². The van der Waals surface area contributed by atoms with E-state index < -0.39 is 16.1 Å². The SMILES string of the molecule is CC(C)(C)c1ccc2c(c1)N(S(=O)(=O)c1ccccc1)C[C@H](C(=O)NCc1ccccc1CN1CCCC1)O2. The lowest BCUT2D eigenvalue weighted by molar-refractivity contribution is -0.127. The standard InChI is InChI=1S/C31H37N3O4S/c1-31(2,3)25-15-16-28-27(19-25)34(39(36,37)26-13-5-4-6-14-26)22-29(38-28)30(35)32-20-23-11-7-8-12-24(23)21-33-17-9-10-18-33/h4-8,11-16,19,29H,9-10,17-18,20-22H2,1-3H3,(H,32,35)/t29-/m1/s1. The van der Waals surface area contributed by atoms with E-state index in [2.05, 4.69) is 37.1 Å². The first-order valence-corrected chi connectivity index (χ1v) is 15.0. The number of carbonyl (C=O) groups is 1. The van der Waals surface area contributed by atoms with E-state index >= 15 is 0 Å². The van der Waals surface area contributed by atoms with Gasteiger partial charge in [0.25, 0.3) is 15.9 Å². The van der Waals surface area contributed by atoms with Crippen LogP contribution in [0.3, 0.4) is 0 Å². The molecule has 39 heavy (non-hydrogen) atoms. The van der Waals surface area contributed by atoms with Crippen LogP contribution >= 0.6 is 0 Å². The van der Waals surface area contributed by atoms with Gasteiger partial charge in [-0.3, -0.25) is 14.0 Å². The highest BCUT2D eigenvalue weighted by Gasteiger charge is 2.38. The van der Waals surface area contributed by atoms with Crippen LogP contribution in [0.25, 0.3) is 0 Å². The van der Waals surface area contributed by atoms with E-state index in [9.17, 15) is 13.2 Å². The molecule has 0 bridgehead atoms. The van der Waals surface area contributed by atoms with Crippen molar-refractivity contribution in [3.63, 3.8) is 0 Å². The van der Waals surface area contributed by atoms with Crippen LogP contribution < -0.4 is 14.4 Å². The van der Waals surface area contributed by atoms with Gasteiger partial charge in [-0.25, -0.2) is 8.42 Å². The molecule has 1 amide bonds. The second-order valence-corrected chi connectivity index (χ2v) is 13.2. The third kappa shape index (κ3) is 5.97. The van der Waals surface area contributed by atoms with Crippen molar-refractivity contribution in [2.45, 2.75) is 63.1 Å². The van der Waals surface area contributed by atoms with Crippen molar-refractivity contribution < 1.29 is 17.9 Å². The molecule has 1 saturated heterocycles. The monoisotopic (exact) mass is 547 g/mol. The van der Waals surface area contributed by atoms with Crippen molar-refractivity contribution in [1.82, 2.24) is 10.2 Å². The molecule has 2 aliphatic heterocycles. The molecule has 0 spiro atoms. The number of likely N-dealkylation sites (tertiary alicyclic amines) is 1. The molecule has 0 aromatic heterocycles. The number of fused-ring (bicyclic) bond motifs is 1. The second kappa shape index (κ2) is 11.0. The van der Waals surface area contributed by atoms with Crippen LogP contribution in [0.15, 0.2) is 77.7 Å². The van der Waals surface area contributed by atoms with Crippen LogP contribution in [-0.2, 0) is 33.3 Å². The minimum Gasteiger partial charge on any atom is -0.476 e. The summed E-state index contributed by atoms with van der Waals surface area (Å²) in [5, 5.41) is 3.01. The van der Waals surface area contributed by atoms with Gasteiger partial charge in [-0.15, -0.1) is 0 Å². The summed E-state index contributed by atoms with van der Waals surface area (Å²) in [7, 11) is -3.92. The van der Waals surface area contributed by atoms with Gasteiger partial charge in [-0.2, -0.15) is 0 Å². The number of sulfonamides is 1. The Balaban J connectivity index is 1.39. The highest BCUT2D eigenvalue weighted by atomic mass is 32.2. The van der Waals surface area contributed by atoms with Crippen LogP contribution in [0.2, 0.25) is 0 Å². The minimum absolute atomic E-state index is 0.112. The van der Waals surface area contributed by atoms with E-state index in [1.54, 1.807) is 36.4 Å². The van der Waals surface area contributed by atoms with Crippen LogP contribution in [0, 0.1) is 0 Å². The molecular formula is C31H37N3O4S.